The van der Waals surface area contributed by atoms with Crippen molar-refractivity contribution in [1.29, 1.82) is 0 Å². The lowest BCUT2D eigenvalue weighted by molar-refractivity contribution is 0.102. The Bertz CT molecular complexity index is 1210. The van der Waals surface area contributed by atoms with Gasteiger partial charge in [-0.1, -0.05) is 24.3 Å². The molecule has 1 aliphatic heterocycles. The zero-order valence-corrected chi connectivity index (χ0v) is 17.9. The highest BCUT2D eigenvalue weighted by Gasteiger charge is 2.28. The summed E-state index contributed by atoms with van der Waals surface area (Å²) >= 11 is 1.30. The van der Waals surface area contributed by atoms with Crippen LogP contribution in [0.5, 0.6) is 0 Å². The van der Waals surface area contributed by atoms with Crippen LogP contribution in [0.4, 0.5) is 15.2 Å². The third kappa shape index (κ3) is 4.22. The number of aryl methyl sites for hydroxylation is 1. The first-order valence-electron chi connectivity index (χ1n) is 9.45. The number of nitrogens with one attached hydrogen (secondary N) is 1. The quantitative estimate of drug-likeness (QED) is 0.644. The van der Waals surface area contributed by atoms with Gasteiger partial charge >= 0.3 is 0 Å². The molecular formula is C21H20FN3O3S2. The third-order valence-electron chi connectivity index (χ3n) is 4.92. The first-order chi connectivity index (χ1) is 14.3. The lowest BCUT2D eigenvalue weighted by Crippen LogP contribution is -2.25. The molecule has 0 aliphatic carbocycles. The van der Waals surface area contributed by atoms with Gasteiger partial charge in [0.25, 0.3) is 5.91 Å². The number of carbonyl (C=O) groups excluding carboxylic acids is 1. The van der Waals surface area contributed by atoms with Gasteiger partial charge < -0.3 is 0 Å². The number of anilines is 2. The number of halogens is 1. The molecule has 1 amide bonds. The Morgan fingerprint density at radius 1 is 1.23 bits per heavy atom. The summed E-state index contributed by atoms with van der Waals surface area (Å²) in [5, 5.41) is 3.18. The van der Waals surface area contributed by atoms with Crippen molar-refractivity contribution in [1.82, 2.24) is 4.98 Å². The van der Waals surface area contributed by atoms with Crippen LogP contribution in [0.2, 0.25) is 0 Å². The van der Waals surface area contributed by atoms with Gasteiger partial charge in [0.05, 0.1) is 17.1 Å². The number of rotatable bonds is 5. The molecule has 0 unspecified atom stereocenters. The molecule has 4 rings (SSSR count). The maximum Gasteiger partial charge on any atom is 0.257 e. The molecule has 9 heteroatoms. The van der Waals surface area contributed by atoms with Crippen LogP contribution >= 0.6 is 11.3 Å². The van der Waals surface area contributed by atoms with Crippen molar-refractivity contribution in [2.24, 2.45) is 0 Å². The van der Waals surface area contributed by atoms with Gasteiger partial charge in [-0.2, -0.15) is 0 Å². The van der Waals surface area contributed by atoms with E-state index in [0.29, 0.717) is 41.3 Å². The van der Waals surface area contributed by atoms with Crippen LogP contribution in [-0.2, 0) is 16.4 Å². The molecule has 0 radical (unpaired) electrons. The summed E-state index contributed by atoms with van der Waals surface area (Å²) in [5.74, 6) is -0.531. The van der Waals surface area contributed by atoms with E-state index in [2.05, 4.69) is 10.3 Å². The maximum absolute atomic E-state index is 13.9. The highest BCUT2D eigenvalue weighted by atomic mass is 32.2. The average Bonchev–Trinajstić information content (AvgIpc) is 3.24. The van der Waals surface area contributed by atoms with Crippen LogP contribution in [0.1, 0.15) is 32.9 Å². The maximum atomic E-state index is 13.9. The number of hydrogen-bond donors (Lipinski definition) is 1. The van der Waals surface area contributed by atoms with E-state index in [4.69, 9.17) is 0 Å². The van der Waals surface area contributed by atoms with Crippen molar-refractivity contribution < 1.29 is 17.6 Å². The molecule has 6 nitrogen and oxygen atoms in total. The fraction of sp³-hybridized carbons (Fsp3) is 0.238. The van der Waals surface area contributed by atoms with Gasteiger partial charge in [-0.05, 0) is 43.2 Å². The van der Waals surface area contributed by atoms with Gasteiger partial charge in [-0.15, -0.1) is 11.3 Å². The van der Waals surface area contributed by atoms with E-state index in [-0.39, 0.29) is 17.5 Å². The minimum Gasteiger partial charge on any atom is -0.298 e. The number of hydrogen-bond acceptors (Lipinski definition) is 5. The molecule has 1 aromatic heterocycles. The van der Waals surface area contributed by atoms with Crippen LogP contribution in [0.15, 0.2) is 48.5 Å². The highest BCUT2D eigenvalue weighted by Crippen LogP contribution is 2.28. The SMILES string of the molecule is Cc1nc(NC(=O)c2cccc(N3CCCS3(=O)=O)c2)sc1Cc1ccccc1F. The number of aromatic nitrogens is 1. The molecule has 3 aromatic rings. The first-order valence-corrected chi connectivity index (χ1v) is 11.9. The predicted octanol–water partition coefficient (Wildman–Crippen LogP) is 3.97. The van der Waals surface area contributed by atoms with Crippen molar-refractivity contribution >= 4 is 38.1 Å². The second kappa shape index (κ2) is 8.16. The topological polar surface area (TPSA) is 79.4 Å². The van der Waals surface area contributed by atoms with Gasteiger partial charge in [0.2, 0.25) is 10.0 Å². The molecule has 2 aromatic carbocycles. The van der Waals surface area contributed by atoms with Crippen LogP contribution in [-0.4, -0.2) is 31.6 Å². The fourth-order valence-corrected chi connectivity index (χ4v) is 5.90. The first kappa shape index (κ1) is 20.5. The van der Waals surface area contributed by atoms with Gasteiger partial charge in [0.1, 0.15) is 5.82 Å². The van der Waals surface area contributed by atoms with E-state index in [9.17, 15) is 17.6 Å². The predicted molar refractivity (Wildman–Crippen MR) is 116 cm³/mol. The monoisotopic (exact) mass is 445 g/mol. The number of sulfonamides is 1. The van der Waals surface area contributed by atoms with E-state index in [1.165, 1.54) is 21.7 Å². The molecule has 1 N–H and O–H groups in total. The molecular weight excluding hydrogens is 425 g/mol. The normalized spacial score (nSPS) is 15.3. The summed E-state index contributed by atoms with van der Waals surface area (Å²) in [6.45, 7) is 2.24. The molecule has 1 saturated heterocycles. The lowest BCUT2D eigenvalue weighted by Gasteiger charge is -2.17. The molecule has 0 bridgehead atoms. The van der Waals surface area contributed by atoms with Gasteiger partial charge in [-0.25, -0.2) is 17.8 Å². The molecule has 0 atom stereocenters. The summed E-state index contributed by atoms with van der Waals surface area (Å²) in [5.41, 5.74) is 2.13. The highest BCUT2D eigenvalue weighted by molar-refractivity contribution is 7.93. The van der Waals surface area contributed by atoms with Crippen LogP contribution in [0.25, 0.3) is 0 Å². The van der Waals surface area contributed by atoms with E-state index in [0.717, 1.165) is 10.6 Å². The Kier molecular flexibility index (Phi) is 5.57. The van der Waals surface area contributed by atoms with E-state index >= 15 is 0 Å². The Labute approximate surface area is 178 Å². The number of carbonyl (C=O) groups is 1. The number of amides is 1. The standard InChI is InChI=1S/C21H20FN3O3S2/c1-14-19(13-15-6-2-3-9-18(15)22)29-21(23-14)24-20(26)16-7-4-8-17(12-16)25-10-5-11-30(25,27)28/h2-4,6-9,12H,5,10-11,13H2,1H3,(H,23,24,26). The van der Waals surface area contributed by atoms with E-state index in [1.54, 1.807) is 42.5 Å². The Morgan fingerprint density at radius 3 is 2.77 bits per heavy atom. The average molecular weight is 446 g/mol. The molecule has 1 aliphatic rings. The summed E-state index contributed by atoms with van der Waals surface area (Å²) in [7, 11) is -3.32. The largest absolute Gasteiger partial charge is 0.298 e. The Morgan fingerprint density at radius 2 is 2.03 bits per heavy atom. The summed E-state index contributed by atoms with van der Waals surface area (Å²) < 4.78 is 39.5. The van der Waals surface area contributed by atoms with Crippen LogP contribution < -0.4 is 9.62 Å². The second-order valence-electron chi connectivity index (χ2n) is 7.04. The van der Waals surface area contributed by atoms with Crippen molar-refractivity contribution in [3.63, 3.8) is 0 Å². The zero-order chi connectivity index (χ0) is 21.3. The number of thiazole rings is 1. The zero-order valence-electron chi connectivity index (χ0n) is 16.3. The summed E-state index contributed by atoms with van der Waals surface area (Å²) in [4.78, 5) is 18.0. The van der Waals surface area contributed by atoms with Crippen molar-refractivity contribution in [3.8, 4) is 0 Å². The summed E-state index contributed by atoms with van der Waals surface area (Å²) in [6.07, 6.45) is 0.969. The molecule has 156 valence electrons. The van der Waals surface area contributed by atoms with E-state index < -0.39 is 10.0 Å². The smallest absolute Gasteiger partial charge is 0.257 e. The number of benzene rings is 2. The van der Waals surface area contributed by atoms with Crippen LogP contribution in [0, 0.1) is 12.7 Å². The molecule has 0 saturated carbocycles. The molecule has 30 heavy (non-hydrogen) atoms. The fourth-order valence-electron chi connectivity index (χ4n) is 3.36. The van der Waals surface area contributed by atoms with Gasteiger partial charge in [0, 0.05) is 23.4 Å². The van der Waals surface area contributed by atoms with E-state index in [1.807, 2.05) is 6.92 Å². The van der Waals surface area contributed by atoms with Crippen molar-refractivity contribution in [3.05, 3.63) is 76.0 Å². The lowest BCUT2D eigenvalue weighted by atomic mass is 10.1. The number of nitrogens with zero attached hydrogens (tertiary/aromatic N) is 2. The summed E-state index contributed by atoms with van der Waals surface area (Å²) in [6, 6.07) is 13.1. The van der Waals surface area contributed by atoms with Crippen molar-refractivity contribution in [2.45, 2.75) is 19.8 Å². The Hall–Kier alpha value is -2.78. The van der Waals surface area contributed by atoms with Gasteiger partial charge in [-0.3, -0.25) is 14.4 Å². The second-order valence-corrected chi connectivity index (χ2v) is 10.1. The molecule has 2 heterocycles. The minimum absolute atomic E-state index is 0.118. The molecule has 0 spiro atoms. The van der Waals surface area contributed by atoms with Crippen LogP contribution in [0.3, 0.4) is 0 Å². The minimum atomic E-state index is -3.32. The van der Waals surface area contributed by atoms with Crippen molar-refractivity contribution in [2.75, 3.05) is 21.9 Å². The van der Waals surface area contributed by atoms with Gasteiger partial charge in [0.15, 0.2) is 5.13 Å². The molecule has 1 fully saturated rings. The third-order valence-corrected chi connectivity index (χ3v) is 7.86. The Balaban J connectivity index is 1.51.